The van der Waals surface area contributed by atoms with Gasteiger partial charge in [-0.15, -0.1) is 0 Å². The third kappa shape index (κ3) is 5.46. The number of carbonyl (C=O) groups excluding carboxylic acids is 1. The van der Waals surface area contributed by atoms with Crippen LogP contribution < -0.4 is 0 Å². The summed E-state index contributed by atoms with van der Waals surface area (Å²) in [5.41, 5.74) is 1.90. The monoisotopic (exact) mass is 493 g/mol. The van der Waals surface area contributed by atoms with Crippen LogP contribution in [0.5, 0.6) is 0 Å². The molecule has 5 nitrogen and oxygen atoms in total. The van der Waals surface area contributed by atoms with Crippen molar-refractivity contribution in [1.29, 1.82) is 0 Å². The number of hydrogen-bond acceptors (Lipinski definition) is 3. The molecule has 1 aliphatic heterocycles. The van der Waals surface area contributed by atoms with Gasteiger partial charge in [0.1, 0.15) is 0 Å². The maximum Gasteiger partial charge on any atom is 0.308 e. The Morgan fingerprint density at radius 1 is 1.19 bits per heavy atom. The number of ether oxygens (including phenoxy) is 1. The fourth-order valence-corrected chi connectivity index (χ4v) is 6.88. The molecule has 5 heteroatoms. The zero-order valence-corrected chi connectivity index (χ0v) is 22.2. The summed E-state index contributed by atoms with van der Waals surface area (Å²) in [5.74, 6) is 0.846. The van der Waals surface area contributed by atoms with Crippen LogP contribution in [0.25, 0.3) is 0 Å². The van der Waals surface area contributed by atoms with Gasteiger partial charge in [-0.2, -0.15) is 0 Å². The minimum absolute atomic E-state index is 0.0458. The summed E-state index contributed by atoms with van der Waals surface area (Å²) in [6, 6.07) is 3.80. The first kappa shape index (κ1) is 26.7. The molecular formula is C31H43NO4. The van der Waals surface area contributed by atoms with Crippen molar-refractivity contribution < 1.29 is 19.4 Å². The molecule has 3 aliphatic rings. The van der Waals surface area contributed by atoms with Crippen LogP contribution in [0.3, 0.4) is 0 Å². The Bertz CT molecular complexity index is 990. The van der Waals surface area contributed by atoms with E-state index >= 15 is 0 Å². The van der Waals surface area contributed by atoms with Gasteiger partial charge in [0, 0.05) is 18.0 Å². The average Bonchev–Trinajstić information content (AvgIpc) is 3.56. The van der Waals surface area contributed by atoms with Crippen LogP contribution in [0.4, 0.5) is 0 Å². The standard InChI is InChI=1S/C31H43NO4/c1-5-21-13-16-25-24(21)15-14-23(28(25)29(33)26-11-8-18-32-26)10-7-9-22(6-2)30-19(3)12-17-27(36-30)20(4)31(34)35/h7-11,14-15,18-21,23-25,27-28,30,32H,5-6,12-13,16-17H2,1-4H3,(H,34,35)/b10-7?,22-9+/t19-,20+,21-,23+,24+,25+,27+,28+,30+/m0/s1. The maximum atomic E-state index is 13.6. The first-order chi connectivity index (χ1) is 17.3. The highest BCUT2D eigenvalue weighted by Gasteiger charge is 2.45. The second-order valence-corrected chi connectivity index (χ2v) is 11.2. The Labute approximate surface area is 216 Å². The second kappa shape index (κ2) is 11.8. The Hall–Kier alpha value is -2.40. The molecule has 0 bridgehead atoms. The summed E-state index contributed by atoms with van der Waals surface area (Å²) in [5, 5.41) is 9.46. The van der Waals surface area contributed by atoms with Crippen molar-refractivity contribution in [1.82, 2.24) is 4.98 Å². The molecule has 2 heterocycles. The summed E-state index contributed by atoms with van der Waals surface area (Å²) in [6.07, 6.45) is 18.7. The minimum Gasteiger partial charge on any atom is -0.481 e. The Kier molecular flexibility index (Phi) is 8.71. The predicted octanol–water partition coefficient (Wildman–Crippen LogP) is 6.85. The summed E-state index contributed by atoms with van der Waals surface area (Å²) >= 11 is 0. The second-order valence-electron chi connectivity index (χ2n) is 11.2. The van der Waals surface area contributed by atoms with Crippen LogP contribution in [0.1, 0.15) is 76.7 Å². The quantitative estimate of drug-likeness (QED) is 0.224. The Balaban J connectivity index is 1.55. The van der Waals surface area contributed by atoms with Crippen molar-refractivity contribution in [3.63, 3.8) is 0 Å². The fraction of sp³-hybridized carbons (Fsp3) is 0.613. The lowest BCUT2D eigenvalue weighted by Gasteiger charge is -2.38. The average molecular weight is 494 g/mol. The molecule has 0 amide bonds. The molecule has 0 aromatic carbocycles. The third-order valence-corrected chi connectivity index (χ3v) is 9.14. The van der Waals surface area contributed by atoms with Crippen LogP contribution in [0.2, 0.25) is 0 Å². The highest BCUT2D eigenvalue weighted by Crippen LogP contribution is 2.49. The van der Waals surface area contributed by atoms with Crippen molar-refractivity contribution in [2.24, 2.45) is 41.4 Å². The van der Waals surface area contributed by atoms with E-state index in [0.29, 0.717) is 29.4 Å². The first-order valence-electron chi connectivity index (χ1n) is 14.0. The van der Waals surface area contributed by atoms with Crippen LogP contribution in [0.15, 0.2) is 54.3 Å². The molecular weight excluding hydrogens is 450 g/mol. The number of carboxylic acid groups (broad SMARTS) is 1. The highest BCUT2D eigenvalue weighted by molar-refractivity contribution is 5.97. The summed E-state index contributed by atoms with van der Waals surface area (Å²) in [7, 11) is 0. The number of Topliss-reactive ketones (excluding diaryl/α,β-unsaturated/α-hetero) is 1. The number of H-pyrrole nitrogens is 1. The predicted molar refractivity (Wildman–Crippen MR) is 143 cm³/mol. The topological polar surface area (TPSA) is 79.4 Å². The van der Waals surface area contributed by atoms with Gasteiger partial charge in [-0.25, -0.2) is 0 Å². The number of ketones is 1. The third-order valence-electron chi connectivity index (χ3n) is 9.14. The van der Waals surface area contributed by atoms with Gasteiger partial charge in [0.2, 0.25) is 0 Å². The van der Waals surface area contributed by atoms with Crippen molar-refractivity contribution >= 4 is 11.8 Å². The minimum atomic E-state index is -0.799. The number of carboxylic acids is 1. The first-order valence-corrected chi connectivity index (χ1v) is 14.0. The normalized spacial score (nSPS) is 35.6. The molecule has 1 aromatic rings. The van der Waals surface area contributed by atoms with E-state index in [4.69, 9.17) is 4.74 Å². The van der Waals surface area contributed by atoms with Crippen molar-refractivity contribution in [2.75, 3.05) is 0 Å². The molecule has 4 rings (SSSR count). The number of aromatic amines is 1. The lowest BCUT2D eigenvalue weighted by molar-refractivity contribution is -0.152. The Morgan fingerprint density at radius 3 is 2.67 bits per heavy atom. The number of aromatic nitrogens is 1. The molecule has 2 N–H and O–H groups in total. The number of aliphatic carboxylic acids is 1. The van der Waals surface area contributed by atoms with Gasteiger partial charge in [-0.05, 0) is 80.4 Å². The zero-order chi connectivity index (χ0) is 25.8. The molecule has 1 saturated heterocycles. The van der Waals surface area contributed by atoms with Crippen LogP contribution in [0, 0.1) is 41.4 Å². The SMILES string of the molecule is CC/C(=C\C=C[C@@H]1C=C[C@@H]2[C@@H](CC)CC[C@H]2[C@@H]1C(=O)c1ccc[nH]1)[C@@H]1O[C@@H]([C@@H](C)C(=O)O)CC[C@@H]1C. The van der Waals surface area contributed by atoms with Crippen molar-refractivity contribution in [3.05, 3.63) is 60.0 Å². The summed E-state index contributed by atoms with van der Waals surface area (Å²) in [6.45, 7) is 8.33. The molecule has 0 spiro atoms. The van der Waals surface area contributed by atoms with Crippen LogP contribution >= 0.6 is 0 Å². The molecule has 2 fully saturated rings. The van der Waals surface area contributed by atoms with E-state index in [1.807, 2.05) is 18.3 Å². The number of hydrogen-bond donors (Lipinski definition) is 2. The molecule has 1 saturated carbocycles. The van der Waals surface area contributed by atoms with Gasteiger partial charge >= 0.3 is 5.97 Å². The zero-order valence-electron chi connectivity index (χ0n) is 22.2. The molecule has 196 valence electrons. The van der Waals surface area contributed by atoms with Gasteiger partial charge in [-0.1, -0.05) is 57.6 Å². The molecule has 0 radical (unpaired) electrons. The number of fused-ring (bicyclic) bond motifs is 1. The number of rotatable bonds is 9. The number of allylic oxidation sites excluding steroid dienone is 5. The highest BCUT2D eigenvalue weighted by atomic mass is 16.5. The van der Waals surface area contributed by atoms with E-state index in [1.54, 1.807) is 6.92 Å². The van der Waals surface area contributed by atoms with Crippen LogP contribution in [-0.4, -0.2) is 34.1 Å². The molecule has 2 aliphatic carbocycles. The van der Waals surface area contributed by atoms with E-state index in [0.717, 1.165) is 25.7 Å². The molecule has 36 heavy (non-hydrogen) atoms. The smallest absolute Gasteiger partial charge is 0.308 e. The van der Waals surface area contributed by atoms with Crippen LogP contribution in [-0.2, 0) is 9.53 Å². The van der Waals surface area contributed by atoms with E-state index in [2.05, 4.69) is 56.1 Å². The van der Waals surface area contributed by atoms with E-state index < -0.39 is 11.9 Å². The molecule has 9 atom stereocenters. The molecule has 1 aromatic heterocycles. The van der Waals surface area contributed by atoms with Crippen molar-refractivity contribution in [3.8, 4) is 0 Å². The summed E-state index contributed by atoms with van der Waals surface area (Å²) in [4.78, 5) is 28.3. The Morgan fingerprint density at radius 2 is 2.00 bits per heavy atom. The lowest BCUT2D eigenvalue weighted by atomic mass is 9.68. The van der Waals surface area contributed by atoms with E-state index in [1.165, 1.54) is 18.4 Å². The fourth-order valence-electron chi connectivity index (χ4n) is 6.88. The van der Waals surface area contributed by atoms with Gasteiger partial charge < -0.3 is 14.8 Å². The van der Waals surface area contributed by atoms with Gasteiger partial charge in [0.05, 0.1) is 23.8 Å². The van der Waals surface area contributed by atoms with Crippen molar-refractivity contribution in [2.45, 2.75) is 78.4 Å². The number of nitrogens with one attached hydrogen (secondary N) is 1. The molecule has 0 unspecified atom stereocenters. The lowest BCUT2D eigenvalue weighted by Crippen LogP contribution is -2.40. The van der Waals surface area contributed by atoms with Gasteiger partial charge in [0.25, 0.3) is 0 Å². The van der Waals surface area contributed by atoms with E-state index in [-0.39, 0.29) is 29.8 Å². The maximum absolute atomic E-state index is 13.6. The van der Waals surface area contributed by atoms with E-state index in [9.17, 15) is 14.7 Å². The largest absolute Gasteiger partial charge is 0.481 e. The van der Waals surface area contributed by atoms with Gasteiger partial charge in [-0.3, -0.25) is 9.59 Å². The number of carbonyl (C=O) groups is 2. The summed E-state index contributed by atoms with van der Waals surface area (Å²) < 4.78 is 6.35. The van der Waals surface area contributed by atoms with Gasteiger partial charge in [0.15, 0.2) is 5.78 Å².